The van der Waals surface area contributed by atoms with Crippen molar-refractivity contribution in [1.82, 2.24) is 9.80 Å². The number of amides is 3. The van der Waals surface area contributed by atoms with E-state index >= 15 is 0 Å². The summed E-state index contributed by atoms with van der Waals surface area (Å²) < 4.78 is 10.5. The summed E-state index contributed by atoms with van der Waals surface area (Å²) in [6.07, 6.45) is 0.408. The number of anilines is 1. The van der Waals surface area contributed by atoms with E-state index in [-0.39, 0.29) is 17.7 Å². The quantitative estimate of drug-likeness (QED) is 0.695. The molecule has 3 rings (SSSR count). The summed E-state index contributed by atoms with van der Waals surface area (Å²) in [7, 11) is 3.07. The van der Waals surface area contributed by atoms with Crippen molar-refractivity contribution in [1.29, 1.82) is 0 Å². The van der Waals surface area contributed by atoms with Gasteiger partial charge in [0.2, 0.25) is 0 Å². The molecule has 1 saturated heterocycles. The number of ketones is 1. The lowest BCUT2D eigenvalue weighted by molar-refractivity contribution is 0.0668. The third-order valence-corrected chi connectivity index (χ3v) is 5.62. The highest BCUT2D eigenvalue weighted by Crippen LogP contribution is 2.26. The number of piperazine rings is 1. The number of urea groups is 1. The summed E-state index contributed by atoms with van der Waals surface area (Å²) in [6, 6.07) is 10.2. The van der Waals surface area contributed by atoms with E-state index in [1.165, 1.54) is 7.11 Å². The lowest BCUT2D eigenvalue weighted by Gasteiger charge is -2.35. The van der Waals surface area contributed by atoms with E-state index in [4.69, 9.17) is 9.47 Å². The maximum Gasteiger partial charge on any atom is 0.321 e. The van der Waals surface area contributed by atoms with Crippen LogP contribution in [0.2, 0.25) is 0 Å². The van der Waals surface area contributed by atoms with Gasteiger partial charge < -0.3 is 24.6 Å². The molecule has 3 amide bonds. The van der Waals surface area contributed by atoms with Crippen molar-refractivity contribution in [2.75, 3.05) is 45.7 Å². The van der Waals surface area contributed by atoms with Crippen molar-refractivity contribution in [3.8, 4) is 11.5 Å². The van der Waals surface area contributed by atoms with Gasteiger partial charge in [0.1, 0.15) is 11.5 Å². The first-order chi connectivity index (χ1) is 15.4. The second kappa shape index (κ2) is 10.2. The minimum Gasteiger partial charge on any atom is -0.497 e. The highest BCUT2D eigenvalue weighted by Gasteiger charge is 2.27. The molecule has 1 aliphatic heterocycles. The highest BCUT2D eigenvalue weighted by atomic mass is 16.5. The van der Waals surface area contributed by atoms with Crippen molar-refractivity contribution in [3.05, 3.63) is 53.1 Å². The number of Topliss-reactive ketones (excluding diaryl/α,β-unsaturated/α-hetero) is 1. The molecule has 0 aromatic heterocycles. The number of nitrogens with one attached hydrogen (secondary N) is 1. The van der Waals surface area contributed by atoms with Gasteiger partial charge in [-0.1, -0.05) is 19.1 Å². The van der Waals surface area contributed by atoms with Crippen LogP contribution in [0, 0.1) is 6.92 Å². The van der Waals surface area contributed by atoms with Gasteiger partial charge in [0, 0.05) is 49.9 Å². The number of carbonyl (C=O) groups excluding carboxylic acids is 3. The average molecular weight is 440 g/mol. The van der Waals surface area contributed by atoms with Crippen LogP contribution >= 0.6 is 0 Å². The molecule has 2 aromatic rings. The van der Waals surface area contributed by atoms with Gasteiger partial charge >= 0.3 is 6.03 Å². The normalized spacial score (nSPS) is 13.5. The van der Waals surface area contributed by atoms with Crippen molar-refractivity contribution in [2.45, 2.75) is 20.3 Å². The lowest BCUT2D eigenvalue weighted by atomic mass is 10.1. The van der Waals surface area contributed by atoms with E-state index in [1.807, 2.05) is 19.9 Å². The van der Waals surface area contributed by atoms with Gasteiger partial charge in [-0.05, 0) is 30.7 Å². The largest absolute Gasteiger partial charge is 0.497 e. The van der Waals surface area contributed by atoms with Gasteiger partial charge in [-0.2, -0.15) is 0 Å². The van der Waals surface area contributed by atoms with Crippen LogP contribution in [0.25, 0.3) is 0 Å². The predicted molar refractivity (Wildman–Crippen MR) is 122 cm³/mol. The van der Waals surface area contributed by atoms with Gasteiger partial charge in [0.05, 0.1) is 19.8 Å². The van der Waals surface area contributed by atoms with E-state index in [1.54, 1.807) is 47.2 Å². The molecule has 170 valence electrons. The van der Waals surface area contributed by atoms with Gasteiger partial charge in [-0.15, -0.1) is 0 Å². The zero-order chi connectivity index (χ0) is 23.3. The second-order valence-electron chi connectivity index (χ2n) is 7.58. The Labute approximate surface area is 188 Å². The molecule has 8 nitrogen and oxygen atoms in total. The predicted octanol–water partition coefficient (Wildman–Crippen LogP) is 3.59. The Hall–Kier alpha value is -3.55. The Balaban J connectivity index is 1.63. The topological polar surface area (TPSA) is 88.2 Å². The number of carbonyl (C=O) groups is 3. The molecule has 0 unspecified atom stereocenters. The Morgan fingerprint density at radius 3 is 2.25 bits per heavy atom. The molecule has 0 aliphatic carbocycles. The Morgan fingerprint density at radius 1 is 0.938 bits per heavy atom. The van der Waals surface area contributed by atoms with Crippen LogP contribution in [0.3, 0.4) is 0 Å². The van der Waals surface area contributed by atoms with Crippen LogP contribution in [0.5, 0.6) is 11.5 Å². The Morgan fingerprint density at radius 2 is 1.62 bits per heavy atom. The molecule has 0 bridgehead atoms. The molecule has 1 fully saturated rings. The number of aryl methyl sites for hydroxylation is 1. The average Bonchev–Trinajstić information content (AvgIpc) is 2.83. The molecule has 0 saturated carbocycles. The Kier molecular flexibility index (Phi) is 7.35. The fraction of sp³-hybridized carbons (Fsp3) is 0.375. The fourth-order valence-corrected chi connectivity index (χ4v) is 3.59. The molecule has 2 aromatic carbocycles. The summed E-state index contributed by atoms with van der Waals surface area (Å²) in [4.78, 5) is 41.1. The number of methoxy groups -OCH3 is 2. The zero-order valence-electron chi connectivity index (χ0n) is 18.9. The minimum atomic E-state index is -0.247. The lowest BCUT2D eigenvalue weighted by Crippen LogP contribution is -2.51. The van der Waals surface area contributed by atoms with Crippen LogP contribution in [-0.2, 0) is 0 Å². The maximum atomic E-state index is 13.0. The number of nitrogens with zero attached hydrogens (tertiary/aromatic N) is 2. The maximum absolute atomic E-state index is 13.0. The minimum absolute atomic E-state index is 0.0292. The van der Waals surface area contributed by atoms with Crippen LogP contribution in [0.15, 0.2) is 36.4 Å². The highest BCUT2D eigenvalue weighted by molar-refractivity contribution is 5.99. The van der Waals surface area contributed by atoms with E-state index in [2.05, 4.69) is 5.32 Å². The first-order valence-corrected chi connectivity index (χ1v) is 10.6. The number of benzene rings is 2. The molecule has 1 aliphatic rings. The summed E-state index contributed by atoms with van der Waals surface area (Å²) >= 11 is 0. The molecular formula is C24H29N3O5. The summed E-state index contributed by atoms with van der Waals surface area (Å²) in [5.74, 6) is 0.944. The first-order valence-electron chi connectivity index (χ1n) is 10.6. The third-order valence-electron chi connectivity index (χ3n) is 5.62. The van der Waals surface area contributed by atoms with E-state index < -0.39 is 0 Å². The molecule has 8 heteroatoms. The van der Waals surface area contributed by atoms with Crippen molar-refractivity contribution in [3.63, 3.8) is 0 Å². The smallest absolute Gasteiger partial charge is 0.321 e. The van der Waals surface area contributed by atoms with E-state index in [0.29, 0.717) is 60.9 Å². The number of rotatable bonds is 6. The molecule has 1 heterocycles. The monoisotopic (exact) mass is 439 g/mol. The Bertz CT molecular complexity index is 1010. The van der Waals surface area contributed by atoms with E-state index in [0.717, 1.165) is 5.56 Å². The second-order valence-corrected chi connectivity index (χ2v) is 7.58. The van der Waals surface area contributed by atoms with Crippen LogP contribution in [0.1, 0.15) is 39.6 Å². The third kappa shape index (κ3) is 5.01. The fourth-order valence-electron chi connectivity index (χ4n) is 3.59. The molecule has 0 atom stereocenters. The molecule has 1 N–H and O–H groups in total. The molecule has 0 spiro atoms. The summed E-state index contributed by atoms with van der Waals surface area (Å²) in [5.41, 5.74) is 2.54. The SMILES string of the molecule is CCC(=O)c1ccc(C)c(NC(=O)N2CCN(C(=O)c3ccc(OC)cc3OC)CC2)c1. The van der Waals surface area contributed by atoms with Crippen LogP contribution < -0.4 is 14.8 Å². The van der Waals surface area contributed by atoms with Crippen LogP contribution in [-0.4, -0.2) is 67.9 Å². The van der Waals surface area contributed by atoms with Crippen molar-refractivity contribution in [2.24, 2.45) is 0 Å². The van der Waals surface area contributed by atoms with Crippen LogP contribution in [0.4, 0.5) is 10.5 Å². The first kappa shape index (κ1) is 23.1. The number of hydrogen-bond acceptors (Lipinski definition) is 5. The van der Waals surface area contributed by atoms with Gasteiger partial charge in [0.25, 0.3) is 5.91 Å². The molecule has 0 radical (unpaired) electrons. The number of ether oxygens (including phenoxy) is 2. The van der Waals surface area contributed by atoms with Gasteiger partial charge in [-0.25, -0.2) is 4.79 Å². The molecular weight excluding hydrogens is 410 g/mol. The van der Waals surface area contributed by atoms with Gasteiger partial charge in [0.15, 0.2) is 5.78 Å². The van der Waals surface area contributed by atoms with Crippen molar-refractivity contribution < 1.29 is 23.9 Å². The van der Waals surface area contributed by atoms with Gasteiger partial charge in [-0.3, -0.25) is 9.59 Å². The number of hydrogen-bond donors (Lipinski definition) is 1. The molecule has 32 heavy (non-hydrogen) atoms. The standard InChI is InChI=1S/C24H29N3O5/c1-5-21(28)17-7-6-16(2)20(14-17)25-24(30)27-12-10-26(11-13-27)23(29)19-9-8-18(31-3)15-22(19)32-4/h6-9,14-15H,5,10-13H2,1-4H3,(H,25,30). The summed E-state index contributed by atoms with van der Waals surface area (Å²) in [6.45, 7) is 5.33. The zero-order valence-corrected chi connectivity index (χ0v) is 18.9. The van der Waals surface area contributed by atoms with Crippen molar-refractivity contribution >= 4 is 23.4 Å². The summed E-state index contributed by atoms with van der Waals surface area (Å²) in [5, 5.41) is 2.90. The van der Waals surface area contributed by atoms with E-state index in [9.17, 15) is 14.4 Å².